The van der Waals surface area contributed by atoms with Crippen LogP contribution >= 0.6 is 0 Å². The van der Waals surface area contributed by atoms with Crippen molar-refractivity contribution >= 4 is 0 Å². The lowest BCUT2D eigenvalue weighted by atomic mass is 9.84. The lowest BCUT2D eigenvalue weighted by Gasteiger charge is -2.21. The SMILES string of the molecule is CCC(C)CC[C]1[CH]CCCC1. The van der Waals surface area contributed by atoms with E-state index in [-0.39, 0.29) is 0 Å². The van der Waals surface area contributed by atoms with Crippen LogP contribution in [0.5, 0.6) is 0 Å². The first-order valence-corrected chi connectivity index (χ1v) is 5.50. The van der Waals surface area contributed by atoms with Gasteiger partial charge in [0.2, 0.25) is 0 Å². The molecule has 0 N–H and O–H groups in total. The molecule has 70 valence electrons. The Balaban J connectivity index is 2.05. The molecule has 0 spiro atoms. The average molecular weight is 166 g/mol. The van der Waals surface area contributed by atoms with Crippen molar-refractivity contribution in [1.29, 1.82) is 0 Å². The van der Waals surface area contributed by atoms with E-state index in [1.807, 2.05) is 0 Å². The van der Waals surface area contributed by atoms with Crippen LogP contribution in [0.4, 0.5) is 0 Å². The molecule has 0 amide bonds. The zero-order valence-electron chi connectivity index (χ0n) is 8.60. The van der Waals surface area contributed by atoms with Gasteiger partial charge in [0.15, 0.2) is 0 Å². The van der Waals surface area contributed by atoms with Gasteiger partial charge in [0.1, 0.15) is 0 Å². The molecule has 1 aliphatic carbocycles. The minimum atomic E-state index is 0.924. The summed E-state index contributed by atoms with van der Waals surface area (Å²) in [5, 5.41) is 0. The van der Waals surface area contributed by atoms with E-state index in [1.54, 1.807) is 5.92 Å². The maximum atomic E-state index is 2.48. The molecule has 0 nitrogen and oxygen atoms in total. The minimum Gasteiger partial charge on any atom is -0.0651 e. The number of hydrogen-bond acceptors (Lipinski definition) is 0. The summed E-state index contributed by atoms with van der Waals surface area (Å²) >= 11 is 0. The topological polar surface area (TPSA) is 0 Å². The maximum absolute atomic E-state index is 2.48. The van der Waals surface area contributed by atoms with E-state index in [2.05, 4.69) is 20.3 Å². The van der Waals surface area contributed by atoms with E-state index in [0.717, 1.165) is 5.92 Å². The lowest BCUT2D eigenvalue weighted by molar-refractivity contribution is 0.477. The Morgan fingerprint density at radius 3 is 2.83 bits per heavy atom. The van der Waals surface area contributed by atoms with Crippen LogP contribution in [0.2, 0.25) is 0 Å². The van der Waals surface area contributed by atoms with Gasteiger partial charge in [-0.2, -0.15) is 0 Å². The summed E-state index contributed by atoms with van der Waals surface area (Å²) in [6.07, 6.45) is 12.2. The molecule has 12 heavy (non-hydrogen) atoms. The van der Waals surface area contributed by atoms with E-state index < -0.39 is 0 Å². The largest absolute Gasteiger partial charge is 0.0651 e. The molecule has 0 aromatic heterocycles. The summed E-state index contributed by atoms with van der Waals surface area (Å²) in [7, 11) is 0. The molecule has 1 saturated carbocycles. The van der Waals surface area contributed by atoms with Crippen LogP contribution in [0.15, 0.2) is 0 Å². The van der Waals surface area contributed by atoms with Gasteiger partial charge in [0, 0.05) is 0 Å². The molecule has 1 fully saturated rings. The van der Waals surface area contributed by atoms with Crippen LogP contribution < -0.4 is 0 Å². The van der Waals surface area contributed by atoms with Crippen molar-refractivity contribution in [3.05, 3.63) is 12.3 Å². The van der Waals surface area contributed by atoms with Crippen LogP contribution in [-0.2, 0) is 0 Å². The quantitative estimate of drug-likeness (QED) is 0.588. The molecule has 1 rings (SSSR count). The molecule has 0 aromatic carbocycles. The van der Waals surface area contributed by atoms with Crippen molar-refractivity contribution in [2.24, 2.45) is 5.92 Å². The van der Waals surface area contributed by atoms with Gasteiger partial charge in [-0.15, -0.1) is 0 Å². The smallest absolute Gasteiger partial charge is 0.0207 e. The fraction of sp³-hybridized carbons (Fsp3) is 0.833. The van der Waals surface area contributed by atoms with Crippen LogP contribution in [0.1, 0.15) is 58.8 Å². The van der Waals surface area contributed by atoms with Crippen molar-refractivity contribution in [3.8, 4) is 0 Å². The van der Waals surface area contributed by atoms with Crippen LogP contribution in [0.25, 0.3) is 0 Å². The third-order valence-corrected chi connectivity index (χ3v) is 3.04. The Hall–Kier alpha value is 0. The van der Waals surface area contributed by atoms with Gasteiger partial charge in [-0.3, -0.25) is 0 Å². The van der Waals surface area contributed by atoms with Crippen molar-refractivity contribution in [2.75, 3.05) is 0 Å². The first-order valence-electron chi connectivity index (χ1n) is 5.50. The molecule has 0 bridgehead atoms. The average Bonchev–Trinajstić information content (AvgIpc) is 2.16. The third kappa shape index (κ3) is 3.60. The summed E-state index contributed by atoms with van der Waals surface area (Å²) in [5.41, 5.74) is 0. The maximum Gasteiger partial charge on any atom is -0.0207 e. The highest BCUT2D eigenvalue weighted by Gasteiger charge is 2.14. The summed E-state index contributed by atoms with van der Waals surface area (Å²) in [6, 6.07) is 0. The van der Waals surface area contributed by atoms with Gasteiger partial charge >= 0.3 is 0 Å². The molecule has 1 aliphatic rings. The molecule has 0 saturated heterocycles. The second kappa shape index (κ2) is 5.61. The Kier molecular flexibility index (Phi) is 4.72. The predicted octanol–water partition coefficient (Wildman–Crippen LogP) is 4.17. The van der Waals surface area contributed by atoms with Crippen molar-refractivity contribution in [2.45, 2.75) is 58.8 Å². The molecule has 2 radical (unpaired) electrons. The Morgan fingerprint density at radius 2 is 2.25 bits per heavy atom. The summed E-state index contributed by atoms with van der Waals surface area (Å²) in [6.45, 7) is 4.66. The molecule has 1 atom stereocenters. The Morgan fingerprint density at radius 1 is 1.42 bits per heavy atom. The highest BCUT2D eigenvalue weighted by Crippen LogP contribution is 2.29. The minimum absolute atomic E-state index is 0.924. The van der Waals surface area contributed by atoms with Crippen molar-refractivity contribution in [3.63, 3.8) is 0 Å². The Labute approximate surface area is 77.7 Å². The zero-order chi connectivity index (χ0) is 8.81. The molecular weight excluding hydrogens is 144 g/mol. The van der Waals surface area contributed by atoms with E-state index >= 15 is 0 Å². The monoisotopic (exact) mass is 166 g/mol. The molecule has 0 aromatic rings. The Bertz CT molecular complexity index is 101. The molecular formula is C12H22. The van der Waals surface area contributed by atoms with Gasteiger partial charge in [0.05, 0.1) is 0 Å². The highest BCUT2D eigenvalue weighted by molar-refractivity contribution is 5.05. The first kappa shape index (κ1) is 10.1. The molecule has 0 aliphatic heterocycles. The van der Waals surface area contributed by atoms with Gasteiger partial charge in [0.25, 0.3) is 0 Å². The third-order valence-electron chi connectivity index (χ3n) is 3.04. The highest BCUT2D eigenvalue weighted by atomic mass is 14.2. The van der Waals surface area contributed by atoms with Crippen LogP contribution in [0, 0.1) is 18.3 Å². The van der Waals surface area contributed by atoms with Crippen molar-refractivity contribution < 1.29 is 0 Å². The van der Waals surface area contributed by atoms with Crippen LogP contribution in [-0.4, -0.2) is 0 Å². The van der Waals surface area contributed by atoms with E-state index in [4.69, 9.17) is 0 Å². The second-order valence-electron chi connectivity index (χ2n) is 4.16. The number of rotatable bonds is 4. The van der Waals surface area contributed by atoms with Gasteiger partial charge in [-0.05, 0) is 37.5 Å². The van der Waals surface area contributed by atoms with Gasteiger partial charge < -0.3 is 0 Å². The first-order chi connectivity index (χ1) is 5.83. The molecule has 0 heterocycles. The zero-order valence-corrected chi connectivity index (χ0v) is 8.60. The standard InChI is InChI=1S/C12H22/c1-3-11(2)9-10-12-7-5-4-6-8-12/h7,11H,3-6,8-10H2,1-2H3. The van der Waals surface area contributed by atoms with Gasteiger partial charge in [-0.1, -0.05) is 39.5 Å². The van der Waals surface area contributed by atoms with Crippen molar-refractivity contribution in [1.82, 2.24) is 0 Å². The van der Waals surface area contributed by atoms with E-state index in [9.17, 15) is 0 Å². The molecule has 0 heteroatoms. The van der Waals surface area contributed by atoms with E-state index in [0.29, 0.717) is 0 Å². The van der Waals surface area contributed by atoms with Crippen LogP contribution in [0.3, 0.4) is 0 Å². The number of hydrogen-bond donors (Lipinski definition) is 0. The fourth-order valence-corrected chi connectivity index (χ4v) is 1.77. The van der Waals surface area contributed by atoms with E-state index in [1.165, 1.54) is 44.9 Å². The predicted molar refractivity (Wildman–Crippen MR) is 54.7 cm³/mol. The normalized spacial score (nSPS) is 22.5. The fourth-order valence-electron chi connectivity index (χ4n) is 1.77. The lowest BCUT2D eigenvalue weighted by Crippen LogP contribution is -2.06. The summed E-state index contributed by atoms with van der Waals surface area (Å²) in [4.78, 5) is 0. The molecule has 1 unspecified atom stereocenters. The van der Waals surface area contributed by atoms with Gasteiger partial charge in [-0.25, -0.2) is 0 Å². The summed E-state index contributed by atoms with van der Waals surface area (Å²) < 4.78 is 0. The second-order valence-corrected chi connectivity index (χ2v) is 4.16. The summed E-state index contributed by atoms with van der Waals surface area (Å²) in [5.74, 6) is 2.66.